The fraction of sp³-hybridized carbons (Fsp3) is 0.538. The molecule has 0 radical (unpaired) electrons. The second-order valence-electron chi connectivity index (χ2n) is 5.18. The van der Waals surface area contributed by atoms with Crippen molar-refractivity contribution in [3.63, 3.8) is 0 Å². The van der Waals surface area contributed by atoms with Gasteiger partial charge < -0.3 is 5.11 Å². The second-order valence-corrected chi connectivity index (χ2v) is 5.18. The molecule has 98 valence electrons. The quantitative estimate of drug-likeness (QED) is 0.642. The van der Waals surface area contributed by atoms with Crippen molar-refractivity contribution in [3.8, 4) is 0 Å². The first-order chi connectivity index (χ1) is 8.49. The van der Waals surface area contributed by atoms with Crippen molar-refractivity contribution in [2.24, 2.45) is 0 Å². The van der Waals surface area contributed by atoms with E-state index in [9.17, 15) is 15.2 Å². The van der Waals surface area contributed by atoms with Gasteiger partial charge in [0.2, 0.25) is 0 Å². The lowest BCUT2D eigenvalue weighted by Crippen LogP contribution is -2.48. The molecular weight excluding hydrogens is 232 g/mol. The lowest BCUT2D eigenvalue weighted by Gasteiger charge is -2.24. The number of likely N-dealkylation sites (tertiary alicyclic amines) is 1. The topological polar surface area (TPSA) is 66.6 Å². The van der Waals surface area contributed by atoms with Crippen LogP contribution in [0.2, 0.25) is 0 Å². The zero-order valence-electron chi connectivity index (χ0n) is 10.7. The van der Waals surface area contributed by atoms with Crippen LogP contribution in [0.1, 0.15) is 17.0 Å². The minimum atomic E-state index is -1.27. The molecule has 0 spiro atoms. The van der Waals surface area contributed by atoms with Crippen molar-refractivity contribution in [1.82, 2.24) is 4.90 Å². The summed E-state index contributed by atoms with van der Waals surface area (Å²) < 4.78 is 0. The van der Waals surface area contributed by atoms with Gasteiger partial charge in [-0.15, -0.1) is 0 Å². The van der Waals surface area contributed by atoms with Gasteiger partial charge in [-0.05, 0) is 19.5 Å². The predicted octanol–water partition coefficient (Wildman–Crippen LogP) is 1.03. The van der Waals surface area contributed by atoms with E-state index in [1.807, 2.05) is 43.1 Å². The van der Waals surface area contributed by atoms with Crippen molar-refractivity contribution in [2.75, 3.05) is 26.7 Å². The molecule has 1 saturated heterocycles. The minimum Gasteiger partial charge on any atom is -0.389 e. The number of nitrogens with zero attached hydrogens (tertiary/aromatic N) is 2. The monoisotopic (exact) mass is 250 g/mol. The van der Waals surface area contributed by atoms with Crippen molar-refractivity contribution < 1.29 is 10.0 Å². The van der Waals surface area contributed by atoms with E-state index in [-0.39, 0.29) is 17.4 Å². The van der Waals surface area contributed by atoms with Gasteiger partial charge >= 0.3 is 0 Å². The van der Waals surface area contributed by atoms with E-state index in [4.69, 9.17) is 0 Å². The van der Waals surface area contributed by atoms with Crippen molar-refractivity contribution in [2.45, 2.75) is 18.4 Å². The van der Waals surface area contributed by atoms with Gasteiger partial charge in [0.25, 0.3) is 5.54 Å². The molecule has 0 unspecified atom stereocenters. The Bertz CT molecular complexity index is 446. The third-order valence-corrected chi connectivity index (χ3v) is 3.80. The molecule has 0 saturated carbocycles. The summed E-state index contributed by atoms with van der Waals surface area (Å²) in [6.45, 7) is 2.44. The van der Waals surface area contributed by atoms with E-state index in [0.29, 0.717) is 6.54 Å². The average Bonchev–Trinajstić information content (AvgIpc) is 2.68. The van der Waals surface area contributed by atoms with Crippen LogP contribution >= 0.6 is 0 Å². The maximum Gasteiger partial charge on any atom is 0.265 e. The molecule has 1 N–H and O–H groups in total. The number of likely N-dealkylation sites (N-methyl/N-ethyl adjacent to an activating group) is 1. The van der Waals surface area contributed by atoms with Crippen LogP contribution in [0.4, 0.5) is 0 Å². The number of aryl methyl sites for hydroxylation is 1. The molecule has 2 atom stereocenters. The van der Waals surface area contributed by atoms with Crippen LogP contribution < -0.4 is 0 Å². The Morgan fingerprint density at radius 2 is 2.11 bits per heavy atom. The van der Waals surface area contributed by atoms with E-state index in [1.54, 1.807) is 0 Å². The number of hydrogen-bond acceptors (Lipinski definition) is 4. The molecule has 5 heteroatoms. The molecule has 1 heterocycles. The molecule has 18 heavy (non-hydrogen) atoms. The fourth-order valence-electron chi connectivity index (χ4n) is 2.74. The summed E-state index contributed by atoms with van der Waals surface area (Å²) in [5.74, 6) is -0.261. The molecule has 1 fully saturated rings. The maximum absolute atomic E-state index is 11.4. The Balaban J connectivity index is 2.41. The van der Waals surface area contributed by atoms with Crippen LogP contribution in [-0.2, 0) is 0 Å². The summed E-state index contributed by atoms with van der Waals surface area (Å²) in [5, 5.41) is 20.9. The Morgan fingerprint density at radius 3 is 2.61 bits per heavy atom. The van der Waals surface area contributed by atoms with Crippen molar-refractivity contribution in [3.05, 3.63) is 45.5 Å². The third kappa shape index (κ3) is 2.00. The van der Waals surface area contributed by atoms with Crippen LogP contribution in [0.25, 0.3) is 0 Å². The van der Waals surface area contributed by atoms with Gasteiger partial charge in [0.15, 0.2) is 0 Å². The highest BCUT2D eigenvalue weighted by molar-refractivity contribution is 5.29. The highest BCUT2D eigenvalue weighted by Crippen LogP contribution is 2.37. The zero-order chi connectivity index (χ0) is 13.3. The molecular formula is C13H18N2O3. The second kappa shape index (κ2) is 4.66. The zero-order valence-corrected chi connectivity index (χ0v) is 10.7. The predicted molar refractivity (Wildman–Crippen MR) is 68.2 cm³/mol. The summed E-state index contributed by atoms with van der Waals surface area (Å²) in [4.78, 5) is 13.0. The average molecular weight is 250 g/mol. The maximum atomic E-state index is 11.4. The molecule has 1 aromatic carbocycles. The van der Waals surface area contributed by atoms with Gasteiger partial charge in [0.1, 0.15) is 6.61 Å². The van der Waals surface area contributed by atoms with E-state index in [0.717, 1.165) is 11.1 Å². The van der Waals surface area contributed by atoms with E-state index in [2.05, 4.69) is 0 Å². The van der Waals surface area contributed by atoms with Gasteiger partial charge in [-0.1, -0.05) is 29.8 Å². The largest absolute Gasteiger partial charge is 0.389 e. The first kappa shape index (κ1) is 13.0. The van der Waals surface area contributed by atoms with E-state index < -0.39 is 12.1 Å². The highest BCUT2D eigenvalue weighted by Gasteiger charge is 2.56. The molecule has 1 aromatic rings. The summed E-state index contributed by atoms with van der Waals surface area (Å²) in [5.41, 5.74) is 0.779. The summed E-state index contributed by atoms with van der Waals surface area (Å²) in [6, 6.07) is 7.76. The van der Waals surface area contributed by atoms with Gasteiger partial charge in [-0.2, -0.15) is 0 Å². The summed E-state index contributed by atoms with van der Waals surface area (Å²) in [7, 11) is 1.85. The van der Waals surface area contributed by atoms with Crippen LogP contribution in [-0.4, -0.2) is 47.2 Å². The Morgan fingerprint density at radius 1 is 1.50 bits per heavy atom. The first-order valence-corrected chi connectivity index (χ1v) is 6.00. The van der Waals surface area contributed by atoms with Gasteiger partial charge in [-0.25, -0.2) is 0 Å². The number of nitro groups is 1. The van der Waals surface area contributed by atoms with Crippen LogP contribution in [0.5, 0.6) is 0 Å². The van der Waals surface area contributed by atoms with Crippen LogP contribution in [0.15, 0.2) is 24.3 Å². The first-order valence-electron chi connectivity index (χ1n) is 6.00. The molecule has 1 aliphatic heterocycles. The number of aliphatic hydroxyl groups excluding tert-OH is 1. The molecule has 0 bridgehead atoms. The molecule has 0 aromatic heterocycles. The Labute approximate surface area is 106 Å². The Hall–Kier alpha value is -1.46. The molecule has 0 amide bonds. The lowest BCUT2D eigenvalue weighted by molar-refractivity contribution is -0.572. The number of benzene rings is 1. The molecule has 2 rings (SSSR count). The molecule has 1 aliphatic rings. The van der Waals surface area contributed by atoms with Crippen LogP contribution in [0.3, 0.4) is 0 Å². The minimum absolute atomic E-state index is 0.261. The van der Waals surface area contributed by atoms with E-state index in [1.165, 1.54) is 0 Å². The number of hydrogen-bond donors (Lipinski definition) is 1. The summed E-state index contributed by atoms with van der Waals surface area (Å²) in [6.07, 6.45) is 0. The highest BCUT2D eigenvalue weighted by atomic mass is 16.6. The standard InChI is InChI=1S/C13H18N2O3/c1-10-3-5-11(6-4-10)12-7-14(2)8-13(12,9-16)15(17)18/h3-6,12,16H,7-9H2,1-2H3/t12-,13-/m1/s1. The van der Waals surface area contributed by atoms with Gasteiger partial charge in [-0.3, -0.25) is 15.0 Å². The van der Waals surface area contributed by atoms with Crippen molar-refractivity contribution >= 4 is 0 Å². The lowest BCUT2D eigenvalue weighted by atomic mass is 9.83. The number of aliphatic hydroxyl groups is 1. The molecule has 0 aliphatic carbocycles. The van der Waals surface area contributed by atoms with Crippen LogP contribution in [0, 0.1) is 17.0 Å². The van der Waals surface area contributed by atoms with Gasteiger partial charge in [0, 0.05) is 11.5 Å². The third-order valence-electron chi connectivity index (χ3n) is 3.80. The molecule has 5 nitrogen and oxygen atoms in total. The number of rotatable bonds is 3. The Kier molecular flexibility index (Phi) is 3.36. The normalized spacial score (nSPS) is 28.5. The fourth-order valence-corrected chi connectivity index (χ4v) is 2.74. The van der Waals surface area contributed by atoms with Gasteiger partial charge in [0.05, 0.1) is 12.5 Å². The smallest absolute Gasteiger partial charge is 0.265 e. The SMILES string of the molecule is Cc1ccc([C@H]2CN(C)C[C@]2(CO)[N+](=O)[O-])cc1. The van der Waals surface area contributed by atoms with Crippen molar-refractivity contribution in [1.29, 1.82) is 0 Å². The summed E-state index contributed by atoms with van der Waals surface area (Å²) >= 11 is 0. The van der Waals surface area contributed by atoms with E-state index >= 15 is 0 Å².